The maximum atomic E-state index is 12.5. The fraction of sp³-hybridized carbons (Fsp3) is 0.333. The summed E-state index contributed by atoms with van der Waals surface area (Å²) in [4.78, 5) is 12.5. The van der Waals surface area contributed by atoms with Gasteiger partial charge in [0.2, 0.25) is 0 Å². The molecule has 1 amide bonds. The van der Waals surface area contributed by atoms with Crippen molar-refractivity contribution in [1.82, 2.24) is 5.32 Å². The summed E-state index contributed by atoms with van der Waals surface area (Å²) in [5.74, 6) is 1.48. The van der Waals surface area contributed by atoms with Crippen LogP contribution in [-0.2, 0) is 4.74 Å². The molecule has 6 nitrogen and oxygen atoms in total. The van der Waals surface area contributed by atoms with E-state index in [0.717, 1.165) is 0 Å². The minimum atomic E-state index is -0.314. The van der Waals surface area contributed by atoms with Crippen molar-refractivity contribution in [3.8, 4) is 11.5 Å². The van der Waals surface area contributed by atoms with E-state index in [4.69, 9.17) is 26.4 Å². The van der Waals surface area contributed by atoms with Gasteiger partial charge < -0.3 is 19.5 Å². The van der Waals surface area contributed by atoms with Gasteiger partial charge in [-0.15, -0.1) is 0 Å². The highest BCUT2D eigenvalue weighted by Gasteiger charge is 2.11. The van der Waals surface area contributed by atoms with Gasteiger partial charge in [-0.05, 0) is 64.4 Å². The van der Waals surface area contributed by atoms with Crippen molar-refractivity contribution in [2.24, 2.45) is 5.92 Å². The molecule has 0 unspecified atom stereocenters. The Morgan fingerprint density at radius 2 is 1.93 bits per heavy atom. The third-order valence-corrected chi connectivity index (χ3v) is 4.47. The van der Waals surface area contributed by atoms with Gasteiger partial charge in [0.1, 0.15) is 18.1 Å². The van der Waals surface area contributed by atoms with Gasteiger partial charge in [0.05, 0.1) is 17.7 Å². The first kappa shape index (κ1) is 23.1. The van der Waals surface area contributed by atoms with E-state index in [1.54, 1.807) is 31.4 Å². The lowest BCUT2D eigenvalue weighted by atomic mass is 10.2. The van der Waals surface area contributed by atoms with Gasteiger partial charge in [-0.2, -0.15) is 0 Å². The molecular formula is C21H25BrN2O4S. The van der Waals surface area contributed by atoms with Gasteiger partial charge in [0.15, 0.2) is 5.11 Å². The second-order valence-electron chi connectivity index (χ2n) is 6.63. The van der Waals surface area contributed by atoms with Crippen LogP contribution in [0.5, 0.6) is 11.5 Å². The van der Waals surface area contributed by atoms with Gasteiger partial charge in [-0.1, -0.05) is 19.9 Å². The lowest BCUT2D eigenvalue weighted by Gasteiger charge is -2.13. The van der Waals surface area contributed by atoms with Crippen molar-refractivity contribution >= 4 is 44.9 Å². The molecule has 0 spiro atoms. The van der Waals surface area contributed by atoms with Gasteiger partial charge in [-0.25, -0.2) is 0 Å². The van der Waals surface area contributed by atoms with E-state index in [2.05, 4.69) is 40.4 Å². The molecule has 0 atom stereocenters. The predicted molar refractivity (Wildman–Crippen MR) is 122 cm³/mol. The molecular weight excluding hydrogens is 456 g/mol. The zero-order chi connectivity index (χ0) is 21.2. The Balaban J connectivity index is 1.92. The fourth-order valence-electron chi connectivity index (χ4n) is 2.26. The molecule has 156 valence electrons. The average molecular weight is 481 g/mol. The molecule has 0 saturated heterocycles. The standard InChI is InChI=1S/C21H25BrN2O4S/c1-14(2)13-28-19-8-7-15(11-18(19)22)20(25)24-21(29)23-16-5-4-6-17(12-16)27-10-9-26-3/h4-8,11-12,14H,9-10,13H2,1-3H3,(H2,23,24,25,29). The topological polar surface area (TPSA) is 68.8 Å². The summed E-state index contributed by atoms with van der Waals surface area (Å²) in [6.07, 6.45) is 0. The molecule has 0 saturated carbocycles. The molecule has 29 heavy (non-hydrogen) atoms. The molecule has 0 aliphatic rings. The van der Waals surface area contributed by atoms with Crippen molar-refractivity contribution in [2.75, 3.05) is 32.2 Å². The number of hydrogen-bond donors (Lipinski definition) is 2. The number of hydrogen-bond acceptors (Lipinski definition) is 5. The molecule has 0 aliphatic heterocycles. The second-order valence-corrected chi connectivity index (χ2v) is 7.89. The van der Waals surface area contributed by atoms with Crippen molar-refractivity contribution < 1.29 is 19.0 Å². The molecule has 8 heteroatoms. The summed E-state index contributed by atoms with van der Waals surface area (Å²) in [6, 6.07) is 12.5. The van der Waals surface area contributed by atoms with Crippen molar-refractivity contribution in [3.63, 3.8) is 0 Å². The Bertz CT molecular complexity index is 845. The minimum absolute atomic E-state index is 0.195. The van der Waals surface area contributed by atoms with Crippen LogP contribution in [0.4, 0.5) is 5.69 Å². The summed E-state index contributed by atoms with van der Waals surface area (Å²) < 4.78 is 16.9. The molecule has 0 bridgehead atoms. The van der Waals surface area contributed by atoms with Crippen molar-refractivity contribution in [1.29, 1.82) is 0 Å². The quantitative estimate of drug-likeness (QED) is 0.402. The number of carbonyl (C=O) groups excluding carboxylic acids is 1. The van der Waals surface area contributed by atoms with Gasteiger partial charge in [0.25, 0.3) is 5.91 Å². The molecule has 0 radical (unpaired) electrons. The smallest absolute Gasteiger partial charge is 0.257 e. The molecule has 2 rings (SSSR count). The van der Waals surface area contributed by atoms with Crippen molar-refractivity contribution in [3.05, 3.63) is 52.5 Å². The van der Waals surface area contributed by atoms with Crippen LogP contribution in [0.25, 0.3) is 0 Å². The highest BCUT2D eigenvalue weighted by molar-refractivity contribution is 9.10. The maximum Gasteiger partial charge on any atom is 0.257 e. The van der Waals surface area contributed by atoms with Gasteiger partial charge in [0, 0.05) is 24.4 Å². The molecule has 0 fully saturated rings. The van der Waals surface area contributed by atoms with Crippen LogP contribution in [0, 0.1) is 5.92 Å². The molecule has 2 aromatic carbocycles. The van der Waals surface area contributed by atoms with E-state index in [1.165, 1.54) is 0 Å². The van der Waals surface area contributed by atoms with Gasteiger partial charge in [-0.3, -0.25) is 10.1 Å². The van der Waals surface area contributed by atoms with Crippen LogP contribution < -0.4 is 20.1 Å². The highest BCUT2D eigenvalue weighted by Crippen LogP contribution is 2.26. The number of carbonyl (C=O) groups is 1. The molecule has 0 heterocycles. The van der Waals surface area contributed by atoms with E-state index in [9.17, 15) is 4.79 Å². The highest BCUT2D eigenvalue weighted by atomic mass is 79.9. The van der Waals surface area contributed by atoms with Crippen LogP contribution in [0.15, 0.2) is 46.9 Å². The lowest BCUT2D eigenvalue weighted by Crippen LogP contribution is -2.34. The third-order valence-electron chi connectivity index (χ3n) is 3.64. The number of anilines is 1. The van der Waals surface area contributed by atoms with Crippen molar-refractivity contribution in [2.45, 2.75) is 13.8 Å². The third kappa shape index (κ3) is 8.00. The largest absolute Gasteiger partial charge is 0.492 e. The van der Waals surface area contributed by atoms with Crippen LogP contribution in [0.1, 0.15) is 24.2 Å². The Morgan fingerprint density at radius 3 is 2.62 bits per heavy atom. The fourth-order valence-corrected chi connectivity index (χ4v) is 2.96. The summed E-state index contributed by atoms with van der Waals surface area (Å²) in [5, 5.41) is 5.85. The first-order valence-electron chi connectivity index (χ1n) is 9.15. The van der Waals surface area contributed by atoms with E-state index < -0.39 is 0 Å². The van der Waals surface area contributed by atoms with Crippen LogP contribution in [0.3, 0.4) is 0 Å². The van der Waals surface area contributed by atoms with E-state index in [1.807, 2.05) is 18.2 Å². The number of benzene rings is 2. The average Bonchev–Trinajstić information content (AvgIpc) is 2.67. The van der Waals surface area contributed by atoms with Gasteiger partial charge >= 0.3 is 0 Å². The maximum absolute atomic E-state index is 12.5. The molecule has 0 aliphatic carbocycles. The Morgan fingerprint density at radius 1 is 1.14 bits per heavy atom. The number of nitrogens with one attached hydrogen (secondary N) is 2. The monoisotopic (exact) mass is 480 g/mol. The first-order valence-corrected chi connectivity index (χ1v) is 10.4. The predicted octanol–water partition coefficient (Wildman–Crippen LogP) is 4.64. The van der Waals surface area contributed by atoms with Crippen LogP contribution >= 0.6 is 28.1 Å². The number of halogens is 1. The first-order chi connectivity index (χ1) is 13.9. The normalized spacial score (nSPS) is 10.5. The minimum Gasteiger partial charge on any atom is -0.492 e. The Hall–Kier alpha value is -2.16. The second kappa shape index (κ2) is 11.7. The molecule has 0 aromatic heterocycles. The molecule has 2 aromatic rings. The zero-order valence-electron chi connectivity index (χ0n) is 16.7. The van der Waals surface area contributed by atoms with E-state index in [0.29, 0.717) is 53.0 Å². The van der Waals surface area contributed by atoms with E-state index >= 15 is 0 Å². The SMILES string of the molecule is COCCOc1cccc(NC(=S)NC(=O)c2ccc(OCC(C)C)c(Br)c2)c1. The number of ether oxygens (including phenoxy) is 3. The zero-order valence-corrected chi connectivity index (χ0v) is 19.1. The number of methoxy groups -OCH3 is 1. The van der Waals surface area contributed by atoms with Crippen LogP contribution in [0.2, 0.25) is 0 Å². The summed E-state index contributed by atoms with van der Waals surface area (Å²) in [6.45, 7) is 5.71. The summed E-state index contributed by atoms with van der Waals surface area (Å²) in [7, 11) is 1.62. The Kier molecular flexibility index (Phi) is 9.37. The number of rotatable bonds is 9. The lowest BCUT2D eigenvalue weighted by molar-refractivity contribution is 0.0977. The van der Waals surface area contributed by atoms with E-state index in [-0.39, 0.29) is 11.0 Å². The number of thiocarbonyl (C=S) groups is 1. The summed E-state index contributed by atoms with van der Waals surface area (Å²) in [5.41, 5.74) is 1.18. The molecule has 2 N–H and O–H groups in total. The summed E-state index contributed by atoms with van der Waals surface area (Å²) >= 11 is 8.69. The Labute approximate surface area is 185 Å². The van der Waals surface area contributed by atoms with Crippen LogP contribution in [-0.4, -0.2) is 38.0 Å². The number of amides is 1.